The molecule has 10 rings (SSSR count). The van der Waals surface area contributed by atoms with E-state index in [1.807, 2.05) is 0 Å². The van der Waals surface area contributed by atoms with E-state index in [0.29, 0.717) is 10.0 Å². The van der Waals surface area contributed by atoms with E-state index in [1.165, 1.54) is 12.1 Å². The van der Waals surface area contributed by atoms with Crippen LogP contribution in [0, 0.1) is 0 Å². The van der Waals surface area contributed by atoms with Crippen molar-refractivity contribution < 1.29 is 285 Å². The summed E-state index contributed by atoms with van der Waals surface area (Å²) in [6, 6.07) is 14.1. The van der Waals surface area contributed by atoms with Gasteiger partial charge in [0.25, 0.3) is 11.8 Å². The third-order valence-corrected chi connectivity index (χ3v) is 18.9. The third-order valence-electron chi connectivity index (χ3n) is 13.3. The summed E-state index contributed by atoms with van der Waals surface area (Å²) in [6.07, 6.45) is 1.91. The van der Waals surface area contributed by atoms with E-state index in [-0.39, 0.29) is 223 Å². The number of hydrogen-bond acceptors (Lipinski definition) is 38. The van der Waals surface area contributed by atoms with Crippen molar-refractivity contribution in [3.8, 4) is 0 Å². The maximum Gasteiger partial charge on any atom is 1.00 e. The molecular weight excluding hydrogens is 1660 g/mol. The molecule has 2 aromatic heterocycles. The van der Waals surface area contributed by atoms with E-state index in [1.54, 1.807) is 0 Å². The zero-order valence-corrected chi connectivity index (χ0v) is 73.6. The molecule has 6 N–H and O–H groups in total. The van der Waals surface area contributed by atoms with Crippen molar-refractivity contribution in [1.29, 1.82) is 0 Å². The van der Waals surface area contributed by atoms with Crippen LogP contribution in [0.1, 0.15) is 11.1 Å². The Bertz CT molecular complexity index is 5470. The predicted molar refractivity (Wildman–Crippen MR) is 340 cm³/mol. The van der Waals surface area contributed by atoms with E-state index < -0.39 is 183 Å². The summed E-state index contributed by atoms with van der Waals surface area (Å²) in [5.41, 5.74) is -5.54. The fraction of sp³-hybridized carbons (Fsp3) is 0.0385. The number of amides is 2. The minimum atomic E-state index is -5.44. The Labute approximate surface area is 751 Å². The molecule has 0 spiro atoms. The van der Waals surface area contributed by atoms with Gasteiger partial charge in [0.1, 0.15) is 72.1 Å². The minimum Gasteiger partial charge on any atom is -0.744 e. The first-order chi connectivity index (χ1) is 47.6. The van der Waals surface area contributed by atoms with Crippen LogP contribution in [0.5, 0.6) is 0 Å². The van der Waals surface area contributed by atoms with Crippen molar-refractivity contribution in [2.24, 2.45) is 30.7 Å². The number of carboxylic acids is 2. The van der Waals surface area contributed by atoms with Gasteiger partial charge in [0.15, 0.2) is 11.4 Å². The van der Waals surface area contributed by atoms with E-state index in [2.05, 4.69) is 81.8 Å². The van der Waals surface area contributed by atoms with Gasteiger partial charge in [0.2, 0.25) is 46.4 Å². The number of carbonyl (C=O) groups is 4. The quantitative estimate of drug-likeness (QED) is 0.0142. The molecule has 528 valence electrons. The molecule has 2 amide bonds. The Morgan fingerprint density at radius 1 is 0.398 bits per heavy atom. The molecule has 2 atom stereocenters. The molecule has 0 radical (unpaired) electrons. The summed E-state index contributed by atoms with van der Waals surface area (Å²) in [5.74, 6) is -7.89. The average molecular weight is 1690 g/mol. The van der Waals surface area contributed by atoms with Crippen LogP contribution in [0.15, 0.2) is 181 Å². The summed E-state index contributed by atoms with van der Waals surface area (Å²) in [5, 5.41) is 51.8. The van der Waals surface area contributed by atoms with Crippen LogP contribution >= 0.6 is 23.2 Å². The number of halogens is 2. The predicted octanol–water partition coefficient (Wildman–Crippen LogP) is -14.2. The monoisotopic (exact) mass is 1690 g/mol. The molecule has 42 nitrogen and oxygen atoms in total. The number of hydrazone groups is 2. The van der Waals surface area contributed by atoms with Crippen molar-refractivity contribution in [3.63, 3.8) is 0 Å². The van der Waals surface area contributed by atoms with E-state index in [4.69, 9.17) is 23.2 Å². The van der Waals surface area contributed by atoms with Crippen LogP contribution < -0.4 is 209 Å². The van der Waals surface area contributed by atoms with Crippen molar-refractivity contribution in [2.75, 3.05) is 31.3 Å². The van der Waals surface area contributed by atoms with Gasteiger partial charge in [0.05, 0.1) is 40.7 Å². The van der Waals surface area contributed by atoms with E-state index >= 15 is 0 Å². The van der Waals surface area contributed by atoms with Crippen LogP contribution in [0.4, 0.5) is 69.3 Å². The summed E-state index contributed by atoms with van der Waals surface area (Å²) in [4.78, 5) is 69.4. The smallest absolute Gasteiger partial charge is 0.744 e. The molecule has 0 saturated heterocycles. The normalized spacial score (nSPS) is 14.6. The third kappa shape index (κ3) is 23.7. The number of aliphatic carboxylic acids is 2. The number of benzene rings is 6. The number of nitrogens with one attached hydrogen (secondary N) is 4. The number of anilines is 10. The van der Waals surface area contributed by atoms with Gasteiger partial charge in [-0.3, -0.25) is 9.59 Å². The largest absolute Gasteiger partial charge is 1.00 e. The summed E-state index contributed by atoms with van der Waals surface area (Å²) in [6.45, 7) is 0. The van der Waals surface area contributed by atoms with Gasteiger partial charge in [-0.1, -0.05) is 24.3 Å². The van der Waals surface area contributed by atoms with Gasteiger partial charge >= 0.3 is 189 Å². The standard InChI is InChI=1S/C52H36Cl2N18O24S6.6Na/c53-47-59-49(55-25-7-17-35(99(85,86)87)33(19-25)65-67-39-41(45(75)76)69-71(43(39)73)29-9-13-31(14-10-29)97(79,80)81)63-51(61-47)57-27-5-3-23(37(21-27)101(91,92)93)1-2-24-4-6-28(22-38(24)102(94,95)96)58-52-62-48(54)60-50(64-52)56-26-8-18-36(100(88,89)90)34(20-26)66-68-40-42(46(77)78)70-72(44(40)74)30-11-15-32(16-12-30)98(82,83)84;;;;;;/h1-22,39-40H,(H,75,76)(H,77,78)(H,79,80,81)(H,82,83,84)(H,85,86,87)(H,88,89,90)(H,91,92,93)(H,94,95,96)(H2,55,57,59,61,63)(H2,56,58,60,62,64);;;;;;/q;6*+1/p-6. The molecule has 2 aliphatic rings. The minimum absolute atomic E-state index is 0. The van der Waals surface area contributed by atoms with Crippen LogP contribution in [0.25, 0.3) is 12.2 Å². The van der Waals surface area contributed by atoms with Gasteiger partial charge < -0.3 is 58.8 Å². The maximum absolute atomic E-state index is 13.4. The Kier molecular flexibility index (Phi) is 33.5. The maximum atomic E-state index is 13.4. The zero-order valence-electron chi connectivity index (χ0n) is 55.2. The summed E-state index contributed by atoms with van der Waals surface area (Å²) < 4.78 is 218. The first-order valence-electron chi connectivity index (χ1n) is 26.8. The van der Waals surface area contributed by atoms with Crippen molar-refractivity contribution in [2.45, 2.75) is 41.5 Å². The fourth-order valence-corrected chi connectivity index (χ4v) is 12.7. The molecule has 2 aliphatic heterocycles. The zero-order chi connectivity index (χ0) is 74.3. The van der Waals surface area contributed by atoms with Crippen LogP contribution in [0.3, 0.4) is 0 Å². The van der Waals surface area contributed by atoms with Crippen molar-refractivity contribution in [1.82, 2.24) is 29.9 Å². The van der Waals surface area contributed by atoms with Crippen LogP contribution in [-0.4, -0.2) is 165 Å². The topological polar surface area (TPSA) is 658 Å². The number of nitrogens with zero attached hydrogens (tertiary/aromatic N) is 14. The Morgan fingerprint density at radius 3 is 0.944 bits per heavy atom. The first-order valence-corrected chi connectivity index (χ1v) is 36.0. The molecule has 0 aliphatic carbocycles. The van der Waals surface area contributed by atoms with E-state index in [0.717, 1.165) is 121 Å². The first kappa shape index (κ1) is 95.1. The summed E-state index contributed by atoms with van der Waals surface area (Å²) in [7, 11) is -31.5. The average Bonchev–Trinajstić information content (AvgIpc) is 1.45. The second kappa shape index (κ2) is 38.0. The van der Waals surface area contributed by atoms with Crippen LogP contribution in [0.2, 0.25) is 10.6 Å². The molecular formula is C52H30Cl2N18Na6O24S6. The molecule has 0 saturated carbocycles. The van der Waals surface area contributed by atoms with Gasteiger partial charge in [0, 0.05) is 22.7 Å². The van der Waals surface area contributed by atoms with Gasteiger partial charge in [-0.2, -0.15) is 70.6 Å². The number of carbonyl (C=O) groups excluding carboxylic acids is 2. The van der Waals surface area contributed by atoms with E-state index in [9.17, 15) is 107 Å². The molecule has 4 heterocycles. The number of rotatable bonds is 24. The SMILES string of the molecule is O=C(O)C1=NN(c2ccc(S(=O)(=O)[O-])cc2)C(=O)C1N=Nc1cc(Nc2nc(Cl)nc(Nc3ccc(C=Cc4ccc(Nc5nc(Cl)nc(Nc6ccc(S(=O)(=O)[O-])c(N=NC7C(=O)N(c8ccc(S(=O)(=O)[O-])cc8)N=C7C(=O)O)c6)n5)cc4S(=O)(=O)[O-])c(S(=O)(=O)[O-])c3)n2)ccc1S(=O)(=O)[O-].[Na+].[Na+].[Na+].[Na+].[Na+].[Na+]. The Hall–Kier alpha value is -5.26. The van der Waals surface area contributed by atoms with Gasteiger partial charge in [-0.25, -0.2) is 60.1 Å². The van der Waals surface area contributed by atoms with Crippen molar-refractivity contribution >= 4 is 201 Å². The van der Waals surface area contributed by atoms with Crippen LogP contribution in [-0.2, 0) is 79.9 Å². The summed E-state index contributed by atoms with van der Waals surface area (Å²) >= 11 is 12.3. The Morgan fingerprint density at radius 2 is 0.676 bits per heavy atom. The number of azo groups is 2. The van der Waals surface area contributed by atoms with Gasteiger partial charge in [-0.05, 0) is 144 Å². The molecule has 0 fully saturated rings. The molecule has 2 unspecified atom stereocenters. The molecule has 108 heavy (non-hydrogen) atoms. The number of carboxylic acid groups (broad SMARTS) is 2. The number of aromatic nitrogens is 6. The van der Waals surface area contributed by atoms with Crippen molar-refractivity contribution in [3.05, 3.63) is 143 Å². The second-order valence-electron chi connectivity index (χ2n) is 20.0. The molecule has 8 aromatic rings. The van der Waals surface area contributed by atoms with Gasteiger partial charge in [-0.15, -0.1) is 0 Å². The fourth-order valence-electron chi connectivity index (χ4n) is 8.86. The molecule has 6 aromatic carbocycles. The molecule has 0 bridgehead atoms. The Balaban J connectivity index is 0.00000411. The second-order valence-corrected chi connectivity index (χ2v) is 28.9. The molecule has 56 heteroatoms. The number of hydrogen-bond donors (Lipinski definition) is 6.